The van der Waals surface area contributed by atoms with E-state index in [4.69, 9.17) is 5.73 Å². The molecule has 3 aromatic rings. The molecule has 1 saturated heterocycles. The molecule has 0 aliphatic carbocycles. The molecule has 2 heterocycles. The zero-order valence-electron chi connectivity index (χ0n) is 18.0. The van der Waals surface area contributed by atoms with E-state index in [-0.39, 0.29) is 0 Å². The van der Waals surface area contributed by atoms with Crippen molar-refractivity contribution < 1.29 is 0 Å². The van der Waals surface area contributed by atoms with Crippen LogP contribution in [0.3, 0.4) is 0 Å². The number of rotatable bonds is 5. The molecule has 30 heavy (non-hydrogen) atoms. The van der Waals surface area contributed by atoms with Gasteiger partial charge in [0.2, 0.25) is 0 Å². The summed E-state index contributed by atoms with van der Waals surface area (Å²) in [5.74, 6) is 1.60. The number of hydrogen-bond donors (Lipinski definition) is 1. The highest BCUT2D eigenvalue weighted by Crippen LogP contribution is 2.34. The van der Waals surface area contributed by atoms with E-state index in [0.717, 1.165) is 50.0 Å². The van der Waals surface area contributed by atoms with Crippen molar-refractivity contribution in [3.05, 3.63) is 66.0 Å². The van der Waals surface area contributed by atoms with Crippen LogP contribution in [-0.4, -0.2) is 42.7 Å². The van der Waals surface area contributed by atoms with E-state index in [2.05, 4.69) is 75.8 Å². The molecule has 4 rings (SSSR count). The molecule has 6 nitrogen and oxygen atoms in total. The van der Waals surface area contributed by atoms with Gasteiger partial charge in [0.05, 0.1) is 0 Å². The summed E-state index contributed by atoms with van der Waals surface area (Å²) in [6.07, 6.45) is 1.63. The lowest BCUT2D eigenvalue weighted by atomic mass is 10.1. The van der Waals surface area contributed by atoms with Crippen LogP contribution < -0.4 is 20.4 Å². The van der Waals surface area contributed by atoms with Gasteiger partial charge < -0.3 is 20.4 Å². The smallest absolute Gasteiger partial charge is 0.161 e. The summed E-state index contributed by atoms with van der Waals surface area (Å²) in [5.41, 5.74) is 12.3. The van der Waals surface area contributed by atoms with Crippen molar-refractivity contribution in [2.24, 2.45) is 0 Å². The molecule has 2 N–H and O–H groups in total. The second-order valence-corrected chi connectivity index (χ2v) is 7.71. The summed E-state index contributed by atoms with van der Waals surface area (Å²) in [6, 6.07) is 16.8. The highest BCUT2D eigenvalue weighted by atomic mass is 15.3. The lowest BCUT2D eigenvalue weighted by Crippen LogP contribution is -2.47. The molecule has 156 valence electrons. The molecule has 0 atom stereocenters. The van der Waals surface area contributed by atoms with Crippen LogP contribution in [0.2, 0.25) is 0 Å². The quantitative estimate of drug-likeness (QED) is 0.691. The number of piperazine rings is 1. The van der Waals surface area contributed by atoms with Gasteiger partial charge in [0.15, 0.2) is 11.6 Å². The largest absolute Gasteiger partial charge is 0.393 e. The van der Waals surface area contributed by atoms with E-state index < -0.39 is 0 Å². The fourth-order valence-electron chi connectivity index (χ4n) is 4.14. The molecule has 0 radical (unpaired) electrons. The Morgan fingerprint density at radius 2 is 1.60 bits per heavy atom. The molecule has 1 aromatic heterocycles. The van der Waals surface area contributed by atoms with Crippen LogP contribution in [-0.2, 0) is 0 Å². The van der Waals surface area contributed by atoms with Crippen molar-refractivity contribution in [3.8, 4) is 0 Å². The fraction of sp³-hybridized carbons (Fsp3) is 0.333. The van der Waals surface area contributed by atoms with Gasteiger partial charge in [0.25, 0.3) is 0 Å². The lowest BCUT2D eigenvalue weighted by Gasteiger charge is -2.38. The number of nitrogen functional groups attached to an aromatic ring is 1. The Morgan fingerprint density at radius 1 is 0.900 bits per heavy atom. The van der Waals surface area contributed by atoms with Crippen LogP contribution in [0.5, 0.6) is 0 Å². The van der Waals surface area contributed by atoms with Gasteiger partial charge >= 0.3 is 0 Å². The molecule has 0 unspecified atom stereocenters. The van der Waals surface area contributed by atoms with E-state index in [1.54, 1.807) is 6.33 Å². The van der Waals surface area contributed by atoms with Crippen molar-refractivity contribution in [1.29, 1.82) is 0 Å². The third-order valence-electron chi connectivity index (χ3n) is 5.98. The summed E-state index contributed by atoms with van der Waals surface area (Å²) in [6.45, 7) is 10.9. The van der Waals surface area contributed by atoms with Crippen LogP contribution in [0.15, 0.2) is 54.9 Å². The van der Waals surface area contributed by atoms with E-state index >= 15 is 0 Å². The predicted octanol–water partition coefficient (Wildman–Crippen LogP) is 4.16. The second kappa shape index (κ2) is 8.61. The molecule has 1 aliphatic rings. The lowest BCUT2D eigenvalue weighted by molar-refractivity contribution is 0.646. The number of nitrogens with two attached hydrogens (primary N) is 1. The number of anilines is 5. The number of hydrogen-bond acceptors (Lipinski definition) is 6. The summed E-state index contributed by atoms with van der Waals surface area (Å²) < 4.78 is 0. The van der Waals surface area contributed by atoms with Gasteiger partial charge in [-0.3, -0.25) is 0 Å². The maximum absolute atomic E-state index is 6.60. The minimum absolute atomic E-state index is 0.642. The number of nitrogens with zero attached hydrogens (tertiary/aromatic N) is 5. The first-order valence-electron chi connectivity index (χ1n) is 10.6. The first-order valence-corrected chi connectivity index (χ1v) is 10.6. The number of aryl methyl sites for hydroxylation is 1. The molecule has 0 amide bonds. The third kappa shape index (κ3) is 3.77. The zero-order chi connectivity index (χ0) is 21.1. The zero-order valence-corrected chi connectivity index (χ0v) is 18.0. The summed E-state index contributed by atoms with van der Waals surface area (Å²) in [7, 11) is 0. The molecule has 0 spiro atoms. The highest BCUT2D eigenvalue weighted by Gasteiger charge is 2.24. The number of aromatic nitrogens is 2. The maximum Gasteiger partial charge on any atom is 0.161 e. The Morgan fingerprint density at radius 3 is 2.30 bits per heavy atom. The van der Waals surface area contributed by atoms with E-state index in [0.29, 0.717) is 5.69 Å². The van der Waals surface area contributed by atoms with Gasteiger partial charge in [-0.15, -0.1) is 0 Å². The predicted molar refractivity (Wildman–Crippen MR) is 126 cm³/mol. The topological polar surface area (TPSA) is 61.5 Å². The minimum Gasteiger partial charge on any atom is -0.393 e. The highest BCUT2D eigenvalue weighted by molar-refractivity contribution is 5.80. The average Bonchev–Trinajstić information content (AvgIpc) is 2.78. The first kappa shape index (κ1) is 20.0. The molecule has 1 fully saturated rings. The SMILES string of the molecule is CCN(c1ccccc1)c1ncnc(N2CCN(c3cccc(C)c3C)CC2)c1N. The summed E-state index contributed by atoms with van der Waals surface area (Å²) in [4.78, 5) is 15.9. The number of para-hydroxylation sites is 1. The molecule has 6 heteroatoms. The molecular weight excluding hydrogens is 372 g/mol. The normalized spacial score (nSPS) is 14.1. The first-order chi connectivity index (χ1) is 14.6. The second-order valence-electron chi connectivity index (χ2n) is 7.71. The molecular formula is C24H30N6. The van der Waals surface area contributed by atoms with Gasteiger partial charge in [0, 0.05) is 44.1 Å². The molecule has 1 aliphatic heterocycles. The Kier molecular flexibility index (Phi) is 5.74. The number of benzene rings is 2. The van der Waals surface area contributed by atoms with Crippen LogP contribution in [0.1, 0.15) is 18.1 Å². The Bertz CT molecular complexity index is 996. The van der Waals surface area contributed by atoms with Crippen molar-refractivity contribution in [2.75, 3.05) is 53.2 Å². The monoisotopic (exact) mass is 402 g/mol. The van der Waals surface area contributed by atoms with E-state index in [9.17, 15) is 0 Å². The summed E-state index contributed by atoms with van der Waals surface area (Å²) in [5, 5.41) is 0. The Balaban J connectivity index is 1.55. The van der Waals surface area contributed by atoms with E-state index in [1.165, 1.54) is 16.8 Å². The molecule has 0 bridgehead atoms. The third-order valence-corrected chi connectivity index (χ3v) is 5.98. The van der Waals surface area contributed by atoms with Crippen molar-refractivity contribution in [2.45, 2.75) is 20.8 Å². The Hall–Kier alpha value is -3.28. The van der Waals surface area contributed by atoms with Crippen molar-refractivity contribution in [3.63, 3.8) is 0 Å². The average molecular weight is 403 g/mol. The van der Waals surface area contributed by atoms with Gasteiger partial charge in [0.1, 0.15) is 12.0 Å². The van der Waals surface area contributed by atoms with Gasteiger partial charge in [-0.2, -0.15) is 0 Å². The molecule has 0 saturated carbocycles. The van der Waals surface area contributed by atoms with Gasteiger partial charge in [-0.25, -0.2) is 9.97 Å². The van der Waals surface area contributed by atoms with Gasteiger partial charge in [-0.1, -0.05) is 30.3 Å². The summed E-state index contributed by atoms with van der Waals surface area (Å²) >= 11 is 0. The van der Waals surface area contributed by atoms with Crippen LogP contribution in [0.4, 0.5) is 28.7 Å². The van der Waals surface area contributed by atoms with Crippen molar-refractivity contribution >= 4 is 28.7 Å². The van der Waals surface area contributed by atoms with E-state index in [1.807, 2.05) is 18.2 Å². The van der Waals surface area contributed by atoms with Crippen LogP contribution >= 0.6 is 0 Å². The standard InChI is InChI=1S/C24H30N6/c1-4-30(20-10-6-5-7-11-20)24-22(25)23(26-17-27-24)29-15-13-28(14-16-29)21-12-8-9-18(2)19(21)3/h5-12,17H,4,13-16,25H2,1-3H3. The maximum atomic E-state index is 6.60. The fourth-order valence-corrected chi connectivity index (χ4v) is 4.14. The Labute approximate surface area is 179 Å². The van der Waals surface area contributed by atoms with Gasteiger partial charge in [-0.05, 0) is 50.1 Å². The van der Waals surface area contributed by atoms with Crippen LogP contribution in [0.25, 0.3) is 0 Å². The minimum atomic E-state index is 0.642. The van der Waals surface area contributed by atoms with Crippen molar-refractivity contribution in [1.82, 2.24) is 9.97 Å². The van der Waals surface area contributed by atoms with Crippen LogP contribution in [0, 0.1) is 13.8 Å². The molecule has 2 aromatic carbocycles.